The first kappa shape index (κ1) is 21.6. The number of ether oxygens (including phenoxy) is 1. The number of esters is 1. The van der Waals surface area contributed by atoms with E-state index in [1.54, 1.807) is 13.0 Å². The highest BCUT2D eigenvalue weighted by Crippen LogP contribution is 2.74. The Labute approximate surface area is 179 Å². The SMILES string of the molecule is C=C1[C@H]2CC[C@]3(O)[C@@](CC[C@@H]4[C@](C)(C(=O)O)CCC[C@]43C)(C2)[C@H]1OC(=O)/C(C)=C\C. The van der Waals surface area contributed by atoms with Gasteiger partial charge in [0.1, 0.15) is 6.10 Å². The number of rotatable bonds is 3. The number of carboxylic acids is 1. The Bertz CT molecular complexity index is 829. The molecule has 0 aromatic heterocycles. The largest absolute Gasteiger partial charge is 0.481 e. The molecule has 5 heteroatoms. The number of aliphatic hydroxyl groups is 1. The summed E-state index contributed by atoms with van der Waals surface area (Å²) < 4.78 is 6.06. The Morgan fingerprint density at radius 1 is 1.17 bits per heavy atom. The zero-order valence-corrected chi connectivity index (χ0v) is 18.8. The lowest BCUT2D eigenvalue weighted by atomic mass is 9.38. The summed E-state index contributed by atoms with van der Waals surface area (Å²) in [6, 6.07) is 0. The van der Waals surface area contributed by atoms with Crippen molar-refractivity contribution in [1.82, 2.24) is 0 Å². The summed E-state index contributed by atoms with van der Waals surface area (Å²) >= 11 is 0. The maximum Gasteiger partial charge on any atom is 0.333 e. The number of allylic oxidation sites excluding steroid dienone is 1. The molecule has 4 aliphatic carbocycles. The van der Waals surface area contributed by atoms with Crippen molar-refractivity contribution in [3.05, 3.63) is 23.8 Å². The van der Waals surface area contributed by atoms with Crippen LogP contribution >= 0.6 is 0 Å². The minimum Gasteiger partial charge on any atom is -0.481 e. The van der Waals surface area contributed by atoms with E-state index in [4.69, 9.17) is 4.74 Å². The molecule has 0 radical (unpaired) electrons. The fraction of sp³-hybridized carbons (Fsp3) is 0.760. The fourth-order valence-corrected chi connectivity index (χ4v) is 8.02. The number of carbonyl (C=O) groups excluding carboxylic acids is 1. The van der Waals surface area contributed by atoms with Crippen LogP contribution in [0.3, 0.4) is 0 Å². The van der Waals surface area contributed by atoms with Crippen LogP contribution in [-0.2, 0) is 14.3 Å². The van der Waals surface area contributed by atoms with Gasteiger partial charge in [-0.15, -0.1) is 0 Å². The van der Waals surface area contributed by atoms with Crippen molar-refractivity contribution < 1.29 is 24.5 Å². The predicted molar refractivity (Wildman–Crippen MR) is 114 cm³/mol. The second-order valence-corrected chi connectivity index (χ2v) is 10.9. The molecule has 0 unspecified atom stereocenters. The van der Waals surface area contributed by atoms with Crippen molar-refractivity contribution >= 4 is 11.9 Å². The monoisotopic (exact) mass is 416 g/mol. The van der Waals surface area contributed by atoms with Gasteiger partial charge in [0.05, 0.1) is 11.0 Å². The number of hydrogen-bond donors (Lipinski definition) is 2. The molecule has 7 atom stereocenters. The molecule has 4 rings (SSSR count). The van der Waals surface area contributed by atoms with Crippen LogP contribution in [0.5, 0.6) is 0 Å². The van der Waals surface area contributed by atoms with Crippen LogP contribution in [0.15, 0.2) is 23.8 Å². The van der Waals surface area contributed by atoms with Crippen LogP contribution in [-0.4, -0.2) is 33.9 Å². The molecule has 2 bridgehead atoms. The zero-order chi connectivity index (χ0) is 22.1. The average molecular weight is 417 g/mol. The summed E-state index contributed by atoms with van der Waals surface area (Å²) in [6.45, 7) is 11.8. The first-order chi connectivity index (χ1) is 14.0. The molecule has 0 aliphatic heterocycles. The van der Waals surface area contributed by atoms with Gasteiger partial charge in [0.25, 0.3) is 0 Å². The standard InChI is InChI=1S/C25H36O5/c1-6-15(2)20(26)30-19-16(3)17-8-13-25(29)23(5)11-7-10-22(4,21(27)28)18(23)9-12-24(19,25)14-17/h6,17-19,29H,3,7-14H2,1-2,4-5H3,(H,27,28)/b15-6-/t17-,18+,19-,22+,23+,24-,25+/m0/s1. The van der Waals surface area contributed by atoms with Crippen molar-refractivity contribution in [1.29, 1.82) is 0 Å². The third kappa shape index (κ3) is 2.44. The molecule has 30 heavy (non-hydrogen) atoms. The minimum atomic E-state index is -1.06. The first-order valence-corrected chi connectivity index (χ1v) is 11.5. The summed E-state index contributed by atoms with van der Waals surface area (Å²) in [5.74, 6) is -0.942. The molecule has 4 saturated carbocycles. The summed E-state index contributed by atoms with van der Waals surface area (Å²) in [5.41, 5.74) is -1.50. The summed E-state index contributed by atoms with van der Waals surface area (Å²) in [6.07, 6.45) is 7.12. The van der Waals surface area contributed by atoms with Crippen molar-refractivity contribution in [2.45, 2.75) is 90.8 Å². The smallest absolute Gasteiger partial charge is 0.333 e. The highest BCUT2D eigenvalue weighted by Gasteiger charge is 2.75. The minimum absolute atomic E-state index is 0.0917. The van der Waals surface area contributed by atoms with Crippen LogP contribution in [0, 0.1) is 28.1 Å². The van der Waals surface area contributed by atoms with Crippen LogP contribution < -0.4 is 0 Å². The molecule has 2 N–H and O–H groups in total. The summed E-state index contributed by atoms with van der Waals surface area (Å²) in [7, 11) is 0. The topological polar surface area (TPSA) is 83.8 Å². The second-order valence-electron chi connectivity index (χ2n) is 10.9. The van der Waals surface area contributed by atoms with Gasteiger partial charge in [0.2, 0.25) is 0 Å². The van der Waals surface area contributed by atoms with E-state index < -0.39 is 33.9 Å². The third-order valence-electron chi connectivity index (χ3n) is 9.87. The van der Waals surface area contributed by atoms with E-state index in [1.807, 2.05) is 13.8 Å². The van der Waals surface area contributed by atoms with E-state index in [0.29, 0.717) is 24.8 Å². The predicted octanol–water partition coefficient (Wildman–Crippen LogP) is 4.64. The quantitative estimate of drug-likeness (QED) is 0.398. The van der Waals surface area contributed by atoms with Gasteiger partial charge in [-0.2, -0.15) is 0 Å². The van der Waals surface area contributed by atoms with E-state index in [1.165, 1.54) is 0 Å². The molecule has 4 fully saturated rings. The Morgan fingerprint density at radius 3 is 2.50 bits per heavy atom. The van der Waals surface area contributed by atoms with E-state index in [-0.39, 0.29) is 17.8 Å². The van der Waals surface area contributed by atoms with Gasteiger partial charge in [-0.05, 0) is 83.1 Å². The van der Waals surface area contributed by atoms with Gasteiger partial charge in [-0.25, -0.2) is 4.79 Å². The lowest BCUT2D eigenvalue weighted by molar-refractivity contribution is -0.278. The Morgan fingerprint density at radius 2 is 1.87 bits per heavy atom. The second kappa shape index (κ2) is 6.69. The molecular formula is C25H36O5. The molecule has 0 aromatic carbocycles. The van der Waals surface area contributed by atoms with Crippen LogP contribution in [0.1, 0.15) is 79.1 Å². The van der Waals surface area contributed by atoms with Gasteiger partial charge in [0, 0.05) is 16.4 Å². The fourth-order valence-electron chi connectivity index (χ4n) is 8.02. The Hall–Kier alpha value is -1.62. The lowest BCUT2D eigenvalue weighted by Gasteiger charge is -2.68. The van der Waals surface area contributed by atoms with E-state index in [0.717, 1.165) is 37.7 Å². The van der Waals surface area contributed by atoms with E-state index in [2.05, 4.69) is 13.5 Å². The Balaban J connectivity index is 1.80. The van der Waals surface area contributed by atoms with E-state index >= 15 is 0 Å². The Kier molecular flexibility index (Phi) is 4.82. The summed E-state index contributed by atoms with van der Waals surface area (Å²) in [4.78, 5) is 25.0. The van der Waals surface area contributed by atoms with Crippen molar-refractivity contribution in [2.24, 2.45) is 28.1 Å². The van der Waals surface area contributed by atoms with Gasteiger partial charge < -0.3 is 14.9 Å². The molecular weight excluding hydrogens is 380 g/mol. The van der Waals surface area contributed by atoms with Gasteiger partial charge in [-0.1, -0.05) is 26.0 Å². The zero-order valence-electron chi connectivity index (χ0n) is 18.8. The van der Waals surface area contributed by atoms with Crippen molar-refractivity contribution in [2.75, 3.05) is 0 Å². The van der Waals surface area contributed by atoms with Gasteiger partial charge in [0.15, 0.2) is 0 Å². The van der Waals surface area contributed by atoms with Gasteiger partial charge in [-0.3, -0.25) is 4.79 Å². The highest BCUT2D eigenvalue weighted by molar-refractivity contribution is 5.88. The lowest BCUT2D eigenvalue weighted by Crippen LogP contribution is -2.71. The third-order valence-corrected chi connectivity index (χ3v) is 9.87. The van der Waals surface area contributed by atoms with Crippen LogP contribution in [0.25, 0.3) is 0 Å². The van der Waals surface area contributed by atoms with Crippen LogP contribution in [0.4, 0.5) is 0 Å². The molecule has 166 valence electrons. The van der Waals surface area contributed by atoms with Gasteiger partial charge >= 0.3 is 11.9 Å². The number of hydrogen-bond acceptors (Lipinski definition) is 4. The normalized spacial score (nSPS) is 48.0. The number of carbonyl (C=O) groups is 2. The summed E-state index contributed by atoms with van der Waals surface area (Å²) in [5, 5.41) is 22.6. The number of fused-ring (bicyclic) bond motifs is 3. The highest BCUT2D eigenvalue weighted by atomic mass is 16.5. The van der Waals surface area contributed by atoms with Crippen molar-refractivity contribution in [3.63, 3.8) is 0 Å². The molecule has 0 amide bonds. The molecule has 5 nitrogen and oxygen atoms in total. The maximum absolute atomic E-state index is 12.7. The average Bonchev–Trinajstić information content (AvgIpc) is 2.92. The number of aliphatic carboxylic acids is 1. The molecule has 4 aliphatic rings. The molecule has 1 spiro atoms. The molecule has 0 heterocycles. The maximum atomic E-state index is 12.7. The van der Waals surface area contributed by atoms with Crippen LogP contribution in [0.2, 0.25) is 0 Å². The van der Waals surface area contributed by atoms with Crippen molar-refractivity contribution in [3.8, 4) is 0 Å². The van der Waals surface area contributed by atoms with E-state index in [9.17, 15) is 19.8 Å². The molecule has 0 aromatic rings. The first-order valence-electron chi connectivity index (χ1n) is 11.5. The molecule has 0 saturated heterocycles. The number of carboxylic acid groups (broad SMARTS) is 1.